The Morgan fingerprint density at radius 2 is 2.06 bits per heavy atom. The number of nitrogens with two attached hydrogens (primary N) is 1. The van der Waals surface area contributed by atoms with Crippen LogP contribution in [0.2, 0.25) is 0 Å². The van der Waals surface area contributed by atoms with E-state index in [2.05, 4.69) is 15.1 Å². The summed E-state index contributed by atoms with van der Waals surface area (Å²) in [5, 5.41) is 14.4. The molecule has 4 aromatic rings. The van der Waals surface area contributed by atoms with Gasteiger partial charge in [0.1, 0.15) is 5.69 Å². The minimum Gasteiger partial charge on any atom is -0.390 e. The van der Waals surface area contributed by atoms with Gasteiger partial charge in [0.25, 0.3) is 0 Å². The summed E-state index contributed by atoms with van der Waals surface area (Å²) in [6.45, 7) is 2.75. The smallest absolute Gasteiger partial charge is 0.390 e. The van der Waals surface area contributed by atoms with Crippen LogP contribution < -0.4 is 16.4 Å². The molecule has 1 aliphatic rings. The lowest BCUT2D eigenvalue weighted by Crippen LogP contribution is -2.30. The van der Waals surface area contributed by atoms with Crippen LogP contribution in [0.25, 0.3) is 28.0 Å². The SMILES string of the molecule is Cc1cc(-c2c(-c3ccccc3)[nH+]c(N)n3c(=O)n(C[C@H]4CCCO4)nc23)cc(CO)n1. The van der Waals surface area contributed by atoms with Gasteiger partial charge in [-0.05, 0) is 37.5 Å². The summed E-state index contributed by atoms with van der Waals surface area (Å²) in [6, 6.07) is 13.5. The molecule has 164 valence electrons. The molecule has 0 bridgehead atoms. The Kier molecular flexibility index (Phi) is 5.20. The number of hydrogen-bond acceptors (Lipinski definition) is 6. The quantitative estimate of drug-likeness (QED) is 0.493. The topological polar surface area (TPSA) is 122 Å². The molecule has 4 N–H and O–H groups in total. The van der Waals surface area contributed by atoms with Gasteiger partial charge < -0.3 is 9.84 Å². The highest BCUT2D eigenvalue weighted by Gasteiger charge is 2.27. The fraction of sp³-hybridized carbons (Fsp3) is 0.304. The van der Waals surface area contributed by atoms with Crippen molar-refractivity contribution in [2.75, 3.05) is 12.3 Å². The van der Waals surface area contributed by atoms with Crippen LogP contribution in [0.1, 0.15) is 24.2 Å². The van der Waals surface area contributed by atoms with E-state index in [-0.39, 0.29) is 24.3 Å². The average Bonchev–Trinajstić information content (AvgIpc) is 3.42. The van der Waals surface area contributed by atoms with E-state index >= 15 is 0 Å². The number of nitrogens with zero attached hydrogens (tertiary/aromatic N) is 4. The average molecular weight is 433 g/mol. The molecule has 0 amide bonds. The predicted octanol–water partition coefficient (Wildman–Crippen LogP) is 1.60. The number of hydrogen-bond donors (Lipinski definition) is 2. The number of benzene rings is 1. The zero-order valence-corrected chi connectivity index (χ0v) is 17.8. The number of nitrogens with one attached hydrogen (secondary N) is 1. The van der Waals surface area contributed by atoms with Crippen LogP contribution in [0.15, 0.2) is 47.3 Å². The Hall–Kier alpha value is -3.56. The highest BCUT2D eigenvalue weighted by molar-refractivity contribution is 5.88. The third-order valence-corrected chi connectivity index (χ3v) is 5.73. The molecule has 1 atom stereocenters. The number of fused-ring (bicyclic) bond motifs is 1. The Bertz CT molecular complexity index is 1340. The fourth-order valence-corrected chi connectivity index (χ4v) is 4.30. The predicted molar refractivity (Wildman–Crippen MR) is 119 cm³/mol. The number of aliphatic hydroxyl groups excluding tert-OH is 1. The molecular weight excluding hydrogens is 408 g/mol. The van der Waals surface area contributed by atoms with Crippen LogP contribution in [0.4, 0.5) is 5.95 Å². The molecule has 5 rings (SSSR count). The summed E-state index contributed by atoms with van der Waals surface area (Å²) >= 11 is 0. The number of aryl methyl sites for hydroxylation is 1. The normalized spacial score (nSPS) is 16.1. The van der Waals surface area contributed by atoms with Crippen molar-refractivity contribution in [2.45, 2.75) is 39.0 Å². The standard InChI is InChI=1S/C23H24N6O3/c1-14-10-16(11-17(13-30)25-14)19-20(15-6-3-2-4-7-15)26-22(24)29-21(19)27-28(23(29)31)12-18-8-5-9-32-18/h2-4,6-7,10-11,18,30H,5,8-9,12-13H2,1H3,(H2,24,26)/p+1/t18-/m1/s1. The summed E-state index contributed by atoms with van der Waals surface area (Å²) in [5.74, 6) is 0.194. The number of aromatic nitrogens is 5. The monoisotopic (exact) mass is 433 g/mol. The fourth-order valence-electron chi connectivity index (χ4n) is 4.30. The molecule has 1 saturated heterocycles. The van der Waals surface area contributed by atoms with Crippen molar-refractivity contribution < 1.29 is 14.8 Å². The summed E-state index contributed by atoms with van der Waals surface area (Å²) in [6.07, 6.45) is 1.84. The molecule has 0 spiro atoms. The van der Waals surface area contributed by atoms with E-state index in [0.29, 0.717) is 30.1 Å². The van der Waals surface area contributed by atoms with Crippen molar-refractivity contribution in [2.24, 2.45) is 0 Å². The van der Waals surface area contributed by atoms with Crippen molar-refractivity contribution in [1.29, 1.82) is 0 Å². The molecule has 0 unspecified atom stereocenters. The summed E-state index contributed by atoms with van der Waals surface area (Å²) in [4.78, 5) is 20.8. The molecule has 1 fully saturated rings. The molecular formula is C23H25N6O3+. The van der Waals surface area contributed by atoms with Gasteiger partial charge in [-0.3, -0.25) is 10.7 Å². The number of H-pyrrole nitrogens is 1. The minimum atomic E-state index is -0.321. The first-order valence-corrected chi connectivity index (χ1v) is 10.7. The molecule has 1 aromatic carbocycles. The first-order valence-electron chi connectivity index (χ1n) is 10.7. The number of rotatable bonds is 5. The maximum atomic E-state index is 13.2. The second-order valence-electron chi connectivity index (χ2n) is 8.03. The third-order valence-electron chi connectivity index (χ3n) is 5.73. The van der Waals surface area contributed by atoms with Crippen LogP contribution >= 0.6 is 0 Å². The molecule has 0 aliphatic carbocycles. The van der Waals surface area contributed by atoms with Gasteiger partial charge in [-0.1, -0.05) is 30.3 Å². The Balaban J connectivity index is 1.81. The molecule has 32 heavy (non-hydrogen) atoms. The van der Waals surface area contributed by atoms with E-state index in [1.807, 2.05) is 49.4 Å². The van der Waals surface area contributed by atoms with Gasteiger partial charge in [0.15, 0.2) is 0 Å². The zero-order valence-electron chi connectivity index (χ0n) is 17.8. The molecule has 0 saturated carbocycles. The van der Waals surface area contributed by atoms with Gasteiger partial charge in [0, 0.05) is 17.9 Å². The maximum Gasteiger partial charge on any atom is 0.411 e. The molecule has 4 heterocycles. The second-order valence-corrected chi connectivity index (χ2v) is 8.03. The highest BCUT2D eigenvalue weighted by Crippen LogP contribution is 2.33. The summed E-state index contributed by atoms with van der Waals surface area (Å²) in [5.41, 5.74) is 10.9. The van der Waals surface area contributed by atoms with E-state index in [1.54, 1.807) is 0 Å². The lowest BCUT2D eigenvalue weighted by atomic mass is 9.99. The van der Waals surface area contributed by atoms with Crippen LogP contribution in [-0.4, -0.2) is 37.0 Å². The highest BCUT2D eigenvalue weighted by atomic mass is 16.5. The lowest BCUT2D eigenvalue weighted by molar-refractivity contribution is -0.351. The van der Waals surface area contributed by atoms with E-state index in [9.17, 15) is 9.90 Å². The van der Waals surface area contributed by atoms with Crippen LogP contribution in [-0.2, 0) is 17.9 Å². The van der Waals surface area contributed by atoms with E-state index in [1.165, 1.54) is 9.08 Å². The number of aliphatic hydroxyl groups is 1. The first-order chi connectivity index (χ1) is 15.5. The van der Waals surface area contributed by atoms with Crippen molar-refractivity contribution in [3.8, 4) is 22.4 Å². The lowest BCUT2D eigenvalue weighted by Gasteiger charge is -2.10. The van der Waals surface area contributed by atoms with E-state index in [4.69, 9.17) is 10.5 Å². The number of aromatic amines is 1. The van der Waals surface area contributed by atoms with Gasteiger partial charge in [-0.2, -0.15) is 4.68 Å². The van der Waals surface area contributed by atoms with Crippen molar-refractivity contribution in [1.82, 2.24) is 19.2 Å². The van der Waals surface area contributed by atoms with Crippen molar-refractivity contribution in [3.05, 3.63) is 64.3 Å². The van der Waals surface area contributed by atoms with E-state index < -0.39 is 0 Å². The number of anilines is 1. The van der Waals surface area contributed by atoms with Crippen molar-refractivity contribution >= 4 is 11.6 Å². The molecule has 3 aromatic heterocycles. The summed E-state index contributed by atoms with van der Waals surface area (Å²) in [7, 11) is 0. The molecule has 9 nitrogen and oxygen atoms in total. The van der Waals surface area contributed by atoms with Gasteiger partial charge in [-0.15, -0.1) is 9.50 Å². The second kappa shape index (κ2) is 8.18. The Morgan fingerprint density at radius 1 is 1.25 bits per heavy atom. The molecule has 0 radical (unpaired) electrons. The van der Waals surface area contributed by atoms with Crippen LogP contribution in [0.3, 0.4) is 0 Å². The van der Waals surface area contributed by atoms with Gasteiger partial charge >= 0.3 is 11.6 Å². The largest absolute Gasteiger partial charge is 0.411 e. The Labute approximate surface area is 184 Å². The number of nitrogen functional groups attached to an aromatic ring is 1. The van der Waals surface area contributed by atoms with Gasteiger partial charge in [0.2, 0.25) is 5.65 Å². The molecule has 9 heteroatoms. The maximum absolute atomic E-state index is 13.2. The molecule has 1 aliphatic heterocycles. The van der Waals surface area contributed by atoms with Crippen LogP contribution in [0.5, 0.6) is 0 Å². The first kappa shape index (κ1) is 20.3. The number of ether oxygens (including phenoxy) is 1. The van der Waals surface area contributed by atoms with Gasteiger partial charge in [0.05, 0.1) is 30.5 Å². The van der Waals surface area contributed by atoms with Crippen molar-refractivity contribution in [3.63, 3.8) is 0 Å². The van der Waals surface area contributed by atoms with Crippen LogP contribution in [0, 0.1) is 6.92 Å². The summed E-state index contributed by atoms with van der Waals surface area (Å²) < 4.78 is 8.53. The Morgan fingerprint density at radius 3 is 2.78 bits per heavy atom. The zero-order chi connectivity index (χ0) is 22.2. The third kappa shape index (κ3) is 3.55. The minimum absolute atomic E-state index is 0.0379. The van der Waals surface area contributed by atoms with E-state index in [0.717, 1.165) is 35.4 Å². The van der Waals surface area contributed by atoms with Gasteiger partial charge in [-0.25, -0.2) is 9.78 Å². The number of pyridine rings is 1.